The lowest BCUT2D eigenvalue weighted by atomic mass is 10.1. The molecule has 6 nitrogen and oxygen atoms in total. The average Bonchev–Trinajstić information content (AvgIpc) is 3.12. The molecule has 0 fully saturated rings. The van der Waals surface area contributed by atoms with Crippen LogP contribution in [0.1, 0.15) is 18.2 Å². The van der Waals surface area contributed by atoms with Crippen molar-refractivity contribution in [2.24, 2.45) is 0 Å². The van der Waals surface area contributed by atoms with Gasteiger partial charge in [-0.3, -0.25) is 4.40 Å². The Morgan fingerprint density at radius 1 is 1.07 bits per heavy atom. The number of aryl methyl sites for hydroxylation is 1. The van der Waals surface area contributed by atoms with E-state index in [1.165, 1.54) is 6.26 Å². The lowest BCUT2D eigenvalue weighted by Crippen LogP contribution is -1.99. The second-order valence-electron chi connectivity index (χ2n) is 7.15. The molecular weight excluding hydrogens is 398 g/mol. The number of hydrogen-bond donors (Lipinski definition) is 1. The van der Waals surface area contributed by atoms with Crippen LogP contribution < -0.4 is 10.5 Å². The molecule has 7 heteroatoms. The third-order valence-electron chi connectivity index (χ3n) is 4.95. The minimum Gasteiger partial charge on any atom is -0.489 e. The lowest BCUT2D eigenvalue weighted by molar-refractivity contribution is 0.306. The zero-order chi connectivity index (χ0) is 21.3. The molecule has 4 aromatic rings. The Morgan fingerprint density at radius 2 is 1.83 bits per heavy atom. The minimum absolute atomic E-state index is 0.298. The predicted molar refractivity (Wildman–Crippen MR) is 118 cm³/mol. The molecule has 2 aromatic carbocycles. The maximum Gasteiger partial charge on any atom is 0.175 e. The van der Waals surface area contributed by atoms with Crippen LogP contribution in [0.3, 0.4) is 0 Å². The molecule has 0 aliphatic heterocycles. The summed E-state index contributed by atoms with van der Waals surface area (Å²) in [5, 5.41) is 0. The van der Waals surface area contributed by atoms with Crippen LogP contribution in [0.4, 0.5) is 5.69 Å². The van der Waals surface area contributed by atoms with Crippen LogP contribution in [0, 0.1) is 0 Å². The van der Waals surface area contributed by atoms with Crippen LogP contribution in [-0.2, 0) is 22.9 Å². The summed E-state index contributed by atoms with van der Waals surface area (Å²) < 4.78 is 31.2. The van der Waals surface area contributed by atoms with Crippen LogP contribution in [0.25, 0.3) is 16.9 Å². The van der Waals surface area contributed by atoms with Gasteiger partial charge in [-0.2, -0.15) is 0 Å². The number of sulfone groups is 1. The molecule has 0 bridgehead atoms. The van der Waals surface area contributed by atoms with Crippen molar-refractivity contribution >= 4 is 21.2 Å². The van der Waals surface area contributed by atoms with Gasteiger partial charge >= 0.3 is 0 Å². The Kier molecular flexibility index (Phi) is 5.22. The number of hydrogen-bond acceptors (Lipinski definition) is 5. The van der Waals surface area contributed by atoms with E-state index in [1.54, 1.807) is 24.3 Å². The first-order chi connectivity index (χ1) is 14.4. The summed E-state index contributed by atoms with van der Waals surface area (Å²) >= 11 is 0. The topological polar surface area (TPSA) is 86.7 Å². The highest BCUT2D eigenvalue weighted by molar-refractivity contribution is 7.90. The van der Waals surface area contributed by atoms with Gasteiger partial charge in [0.15, 0.2) is 15.5 Å². The summed E-state index contributed by atoms with van der Waals surface area (Å²) in [6, 6.07) is 18.3. The second-order valence-corrected chi connectivity index (χ2v) is 9.17. The first-order valence-electron chi connectivity index (χ1n) is 9.64. The molecule has 0 amide bonds. The Labute approximate surface area is 175 Å². The fourth-order valence-corrected chi connectivity index (χ4v) is 4.05. The van der Waals surface area contributed by atoms with Gasteiger partial charge in [0.25, 0.3) is 0 Å². The first-order valence-corrected chi connectivity index (χ1v) is 11.5. The predicted octanol–water partition coefficient (Wildman–Crippen LogP) is 4.13. The highest BCUT2D eigenvalue weighted by Crippen LogP contribution is 2.30. The van der Waals surface area contributed by atoms with Crippen LogP contribution >= 0.6 is 0 Å². The summed E-state index contributed by atoms with van der Waals surface area (Å²) in [4.78, 5) is 5.00. The summed E-state index contributed by atoms with van der Waals surface area (Å²) in [5.41, 5.74) is 11.4. The summed E-state index contributed by atoms with van der Waals surface area (Å²) in [6.45, 7) is 2.41. The van der Waals surface area contributed by atoms with Crippen LogP contribution in [-0.4, -0.2) is 24.1 Å². The van der Waals surface area contributed by atoms with Gasteiger partial charge in [0.1, 0.15) is 12.4 Å². The average molecular weight is 422 g/mol. The van der Waals surface area contributed by atoms with Gasteiger partial charge in [-0.05, 0) is 48.4 Å². The minimum atomic E-state index is -3.20. The van der Waals surface area contributed by atoms with Gasteiger partial charge in [0, 0.05) is 18.0 Å². The fourth-order valence-electron chi connectivity index (χ4n) is 3.42. The van der Waals surface area contributed by atoms with Gasteiger partial charge in [0.2, 0.25) is 0 Å². The van der Waals surface area contributed by atoms with Gasteiger partial charge in [-0.15, -0.1) is 0 Å². The van der Waals surface area contributed by atoms with Crippen molar-refractivity contribution in [1.82, 2.24) is 9.38 Å². The number of benzene rings is 2. The van der Waals surface area contributed by atoms with E-state index >= 15 is 0 Å². The molecule has 0 radical (unpaired) electrons. The molecule has 154 valence electrons. The maximum atomic E-state index is 11.6. The van der Waals surface area contributed by atoms with E-state index in [2.05, 4.69) is 6.92 Å². The number of nitrogen functional groups attached to an aromatic ring is 1. The van der Waals surface area contributed by atoms with E-state index < -0.39 is 9.84 Å². The number of ether oxygens (including phenoxy) is 1. The molecule has 0 saturated heterocycles. The highest BCUT2D eigenvalue weighted by atomic mass is 32.2. The zero-order valence-electron chi connectivity index (χ0n) is 16.9. The van der Waals surface area contributed by atoms with Gasteiger partial charge in [-0.1, -0.05) is 31.2 Å². The number of aromatic nitrogens is 2. The number of rotatable bonds is 6. The molecule has 2 N–H and O–H groups in total. The van der Waals surface area contributed by atoms with Crippen molar-refractivity contribution in [2.75, 3.05) is 12.0 Å². The van der Waals surface area contributed by atoms with E-state index in [4.69, 9.17) is 15.5 Å². The first kappa shape index (κ1) is 20.0. The van der Waals surface area contributed by atoms with E-state index in [0.29, 0.717) is 17.2 Å². The zero-order valence-corrected chi connectivity index (χ0v) is 17.7. The Hall–Kier alpha value is -3.32. The standard InChI is InChI=1S/C23H23N3O3S/c1-3-21-22(26-13-5-8-20(24)23(26)25-21)17-6-4-7-18(14-17)29-15-16-9-11-19(12-10-16)30(2,27)28/h4-14H,3,15,24H2,1-2H3. The molecule has 0 atom stereocenters. The molecule has 0 unspecified atom stereocenters. The van der Waals surface area contributed by atoms with E-state index in [1.807, 2.05) is 47.0 Å². The Balaban J connectivity index is 1.61. The number of fused-ring (bicyclic) bond motifs is 1. The van der Waals surface area contributed by atoms with E-state index in [0.717, 1.165) is 40.3 Å². The number of imidazole rings is 1. The normalized spacial score (nSPS) is 11.7. The molecule has 0 aliphatic rings. The molecule has 2 heterocycles. The summed E-state index contributed by atoms with van der Waals surface area (Å²) in [6.07, 6.45) is 3.95. The smallest absolute Gasteiger partial charge is 0.175 e. The van der Waals surface area contributed by atoms with Crippen LogP contribution in [0.5, 0.6) is 5.75 Å². The van der Waals surface area contributed by atoms with E-state index in [-0.39, 0.29) is 0 Å². The Bertz CT molecular complexity index is 1310. The van der Waals surface area contributed by atoms with Crippen LogP contribution in [0.15, 0.2) is 71.8 Å². The number of nitrogens with zero attached hydrogens (tertiary/aromatic N) is 2. The van der Waals surface area contributed by atoms with Crippen molar-refractivity contribution in [2.45, 2.75) is 24.8 Å². The third-order valence-corrected chi connectivity index (χ3v) is 6.08. The molecule has 30 heavy (non-hydrogen) atoms. The lowest BCUT2D eigenvalue weighted by Gasteiger charge is -2.10. The largest absolute Gasteiger partial charge is 0.489 e. The SMILES string of the molecule is CCc1nc2c(N)cccn2c1-c1cccc(OCc2ccc(S(C)(=O)=O)cc2)c1. The summed E-state index contributed by atoms with van der Waals surface area (Å²) in [7, 11) is -3.20. The molecule has 0 aliphatic carbocycles. The maximum absolute atomic E-state index is 11.6. The van der Waals surface area contributed by atoms with E-state index in [9.17, 15) is 8.42 Å². The monoisotopic (exact) mass is 421 g/mol. The molecule has 0 spiro atoms. The van der Waals surface area contributed by atoms with Crippen molar-refractivity contribution in [3.05, 3.63) is 78.1 Å². The summed E-state index contributed by atoms with van der Waals surface area (Å²) in [5.74, 6) is 0.723. The molecular formula is C23H23N3O3S. The quantitative estimate of drug-likeness (QED) is 0.506. The van der Waals surface area contributed by atoms with Crippen molar-refractivity contribution in [1.29, 1.82) is 0 Å². The fraction of sp³-hybridized carbons (Fsp3) is 0.174. The molecule has 0 saturated carbocycles. The molecule has 4 rings (SSSR count). The second kappa shape index (κ2) is 7.84. The number of pyridine rings is 1. The van der Waals surface area contributed by atoms with Crippen molar-refractivity contribution in [3.63, 3.8) is 0 Å². The van der Waals surface area contributed by atoms with Gasteiger partial charge in [0.05, 0.1) is 22.0 Å². The van der Waals surface area contributed by atoms with Gasteiger partial charge < -0.3 is 10.5 Å². The molecule has 2 aromatic heterocycles. The van der Waals surface area contributed by atoms with Gasteiger partial charge in [-0.25, -0.2) is 13.4 Å². The highest BCUT2D eigenvalue weighted by Gasteiger charge is 2.15. The van der Waals surface area contributed by atoms with Crippen molar-refractivity contribution < 1.29 is 13.2 Å². The van der Waals surface area contributed by atoms with Crippen molar-refractivity contribution in [3.8, 4) is 17.0 Å². The number of nitrogens with two attached hydrogens (primary N) is 1. The Morgan fingerprint density at radius 3 is 2.53 bits per heavy atom. The third kappa shape index (κ3) is 3.89. The van der Waals surface area contributed by atoms with Crippen LogP contribution in [0.2, 0.25) is 0 Å². The number of anilines is 1.